The second kappa shape index (κ2) is 9.74. The van der Waals surface area contributed by atoms with Gasteiger partial charge in [0.15, 0.2) is 0 Å². The van der Waals surface area contributed by atoms with E-state index >= 15 is 0 Å². The summed E-state index contributed by atoms with van der Waals surface area (Å²) in [5.74, 6) is 0.768. The fourth-order valence-corrected chi connectivity index (χ4v) is 3.39. The largest absolute Gasteiger partial charge is 0.496 e. The molecule has 29 heavy (non-hydrogen) atoms. The van der Waals surface area contributed by atoms with Gasteiger partial charge in [-0.05, 0) is 47.7 Å². The summed E-state index contributed by atoms with van der Waals surface area (Å²) in [5.41, 5.74) is 4.68. The molecule has 0 aliphatic heterocycles. The molecular formula is C26H27NO2. The molecule has 0 saturated carbocycles. The Kier molecular flexibility index (Phi) is 6.85. The SMILES string of the molecule is CC[C@@H](NC(=O)/C(=C/c1ccccc1)c1ccccc1)c1ccc(OC)c(C)c1. The normalized spacial score (nSPS) is 12.3. The van der Waals surface area contributed by atoms with Crippen LogP contribution in [-0.2, 0) is 4.79 Å². The molecule has 3 rings (SSSR count). The standard InChI is InChI=1S/C26H27NO2/c1-4-24(22-15-16-25(29-3)19(2)17-22)27-26(28)23(21-13-9-6-10-14-21)18-20-11-7-5-8-12-20/h5-18,24H,4H2,1-3H3,(H,27,28)/b23-18+/t24-/m1/s1. The van der Waals surface area contributed by atoms with E-state index in [0.717, 1.165) is 34.4 Å². The van der Waals surface area contributed by atoms with Gasteiger partial charge in [0.25, 0.3) is 5.91 Å². The zero-order valence-corrected chi connectivity index (χ0v) is 17.2. The number of nitrogens with one attached hydrogen (secondary N) is 1. The number of carbonyl (C=O) groups is 1. The van der Waals surface area contributed by atoms with E-state index in [1.807, 2.05) is 85.8 Å². The summed E-state index contributed by atoms with van der Waals surface area (Å²) < 4.78 is 5.36. The number of methoxy groups -OCH3 is 1. The number of hydrogen-bond acceptors (Lipinski definition) is 2. The third-order valence-electron chi connectivity index (χ3n) is 4.97. The number of carbonyl (C=O) groups excluding carboxylic acids is 1. The van der Waals surface area contributed by atoms with Crippen LogP contribution in [0.4, 0.5) is 0 Å². The summed E-state index contributed by atoms with van der Waals surface area (Å²) in [6.45, 7) is 4.09. The first-order chi connectivity index (χ1) is 14.1. The van der Waals surface area contributed by atoms with Gasteiger partial charge in [-0.25, -0.2) is 0 Å². The molecule has 0 bridgehead atoms. The number of benzene rings is 3. The first-order valence-corrected chi connectivity index (χ1v) is 9.90. The highest BCUT2D eigenvalue weighted by molar-refractivity contribution is 6.24. The summed E-state index contributed by atoms with van der Waals surface area (Å²) in [6.07, 6.45) is 2.74. The quantitative estimate of drug-likeness (QED) is 0.412. The zero-order chi connectivity index (χ0) is 20.6. The molecule has 0 radical (unpaired) electrons. The number of amides is 1. The summed E-state index contributed by atoms with van der Waals surface area (Å²) >= 11 is 0. The van der Waals surface area contributed by atoms with Crippen molar-refractivity contribution in [2.45, 2.75) is 26.3 Å². The molecule has 3 aromatic carbocycles. The third-order valence-corrected chi connectivity index (χ3v) is 4.97. The summed E-state index contributed by atoms with van der Waals surface area (Å²) in [5, 5.41) is 3.22. The molecule has 3 nitrogen and oxygen atoms in total. The molecule has 1 atom stereocenters. The van der Waals surface area contributed by atoms with Crippen LogP contribution in [0.2, 0.25) is 0 Å². The number of aryl methyl sites for hydroxylation is 1. The minimum Gasteiger partial charge on any atom is -0.496 e. The highest BCUT2D eigenvalue weighted by Crippen LogP contribution is 2.26. The van der Waals surface area contributed by atoms with Crippen molar-refractivity contribution in [3.05, 3.63) is 101 Å². The summed E-state index contributed by atoms with van der Waals surface area (Å²) in [4.78, 5) is 13.3. The highest BCUT2D eigenvalue weighted by atomic mass is 16.5. The van der Waals surface area contributed by atoms with Crippen molar-refractivity contribution in [2.24, 2.45) is 0 Å². The van der Waals surface area contributed by atoms with Crippen LogP contribution < -0.4 is 10.1 Å². The Bertz CT molecular complexity index is 978. The molecule has 0 unspecified atom stereocenters. The average molecular weight is 386 g/mol. The van der Waals surface area contributed by atoms with Crippen LogP contribution >= 0.6 is 0 Å². The Balaban J connectivity index is 1.91. The van der Waals surface area contributed by atoms with Gasteiger partial charge in [0.2, 0.25) is 0 Å². The van der Waals surface area contributed by atoms with Gasteiger partial charge in [-0.15, -0.1) is 0 Å². The Morgan fingerprint density at radius 2 is 1.66 bits per heavy atom. The predicted octanol–water partition coefficient (Wildman–Crippen LogP) is 5.81. The van der Waals surface area contributed by atoms with E-state index in [1.54, 1.807) is 7.11 Å². The van der Waals surface area contributed by atoms with Gasteiger partial charge in [0, 0.05) is 5.57 Å². The van der Waals surface area contributed by atoms with Crippen LogP contribution in [0.5, 0.6) is 5.75 Å². The number of hydrogen-bond donors (Lipinski definition) is 1. The van der Waals surface area contributed by atoms with Crippen molar-refractivity contribution >= 4 is 17.6 Å². The maximum atomic E-state index is 13.3. The van der Waals surface area contributed by atoms with Crippen molar-refractivity contribution in [2.75, 3.05) is 7.11 Å². The van der Waals surface area contributed by atoms with Crippen LogP contribution in [0.1, 0.15) is 41.6 Å². The van der Waals surface area contributed by atoms with E-state index in [1.165, 1.54) is 0 Å². The Morgan fingerprint density at radius 1 is 1.00 bits per heavy atom. The van der Waals surface area contributed by atoms with Crippen molar-refractivity contribution in [1.82, 2.24) is 5.32 Å². The number of rotatable bonds is 7. The first kappa shape index (κ1) is 20.4. The van der Waals surface area contributed by atoms with E-state index < -0.39 is 0 Å². The van der Waals surface area contributed by atoms with E-state index in [0.29, 0.717) is 5.57 Å². The van der Waals surface area contributed by atoms with Crippen molar-refractivity contribution in [3.63, 3.8) is 0 Å². The van der Waals surface area contributed by atoms with Crippen LogP contribution in [0.3, 0.4) is 0 Å². The van der Waals surface area contributed by atoms with E-state index in [-0.39, 0.29) is 11.9 Å². The molecule has 3 aromatic rings. The highest BCUT2D eigenvalue weighted by Gasteiger charge is 2.18. The Hall–Kier alpha value is -3.33. The van der Waals surface area contributed by atoms with E-state index in [4.69, 9.17) is 4.74 Å². The average Bonchev–Trinajstić information content (AvgIpc) is 2.77. The van der Waals surface area contributed by atoms with Gasteiger partial charge in [0.1, 0.15) is 5.75 Å². The van der Waals surface area contributed by atoms with Crippen molar-refractivity contribution < 1.29 is 9.53 Å². The lowest BCUT2D eigenvalue weighted by molar-refractivity contribution is -0.116. The fraction of sp³-hybridized carbons (Fsp3) is 0.192. The van der Waals surface area contributed by atoms with Crippen LogP contribution in [-0.4, -0.2) is 13.0 Å². The molecular weight excluding hydrogens is 358 g/mol. The second-order valence-electron chi connectivity index (χ2n) is 7.00. The molecule has 0 aliphatic rings. The molecule has 0 fully saturated rings. The molecule has 0 aromatic heterocycles. The third kappa shape index (κ3) is 5.14. The zero-order valence-electron chi connectivity index (χ0n) is 17.2. The molecule has 0 spiro atoms. The van der Waals surface area contributed by atoms with Crippen LogP contribution in [0.25, 0.3) is 11.6 Å². The predicted molar refractivity (Wildman–Crippen MR) is 120 cm³/mol. The van der Waals surface area contributed by atoms with Crippen molar-refractivity contribution in [3.8, 4) is 5.75 Å². The lowest BCUT2D eigenvalue weighted by atomic mass is 9.98. The van der Waals surface area contributed by atoms with E-state index in [9.17, 15) is 4.79 Å². The molecule has 1 N–H and O–H groups in total. The Labute approximate surface area is 173 Å². The van der Waals surface area contributed by atoms with Gasteiger partial charge >= 0.3 is 0 Å². The first-order valence-electron chi connectivity index (χ1n) is 9.90. The topological polar surface area (TPSA) is 38.3 Å². The van der Waals surface area contributed by atoms with Gasteiger partial charge in [-0.1, -0.05) is 79.7 Å². The van der Waals surface area contributed by atoms with Crippen molar-refractivity contribution in [1.29, 1.82) is 0 Å². The maximum absolute atomic E-state index is 13.3. The lowest BCUT2D eigenvalue weighted by Crippen LogP contribution is -2.29. The van der Waals surface area contributed by atoms with Crippen LogP contribution in [0, 0.1) is 6.92 Å². The lowest BCUT2D eigenvalue weighted by Gasteiger charge is -2.20. The molecule has 1 amide bonds. The monoisotopic (exact) mass is 385 g/mol. The smallest absolute Gasteiger partial charge is 0.252 e. The minimum absolute atomic E-state index is 0.0741. The van der Waals surface area contributed by atoms with Gasteiger partial charge in [-0.2, -0.15) is 0 Å². The maximum Gasteiger partial charge on any atom is 0.252 e. The molecule has 0 heterocycles. The van der Waals surface area contributed by atoms with E-state index in [2.05, 4.69) is 18.3 Å². The summed E-state index contributed by atoms with van der Waals surface area (Å²) in [7, 11) is 1.67. The van der Waals surface area contributed by atoms with Crippen LogP contribution in [0.15, 0.2) is 78.9 Å². The Morgan fingerprint density at radius 3 is 2.24 bits per heavy atom. The van der Waals surface area contributed by atoms with Gasteiger partial charge < -0.3 is 10.1 Å². The van der Waals surface area contributed by atoms with Gasteiger partial charge in [-0.3, -0.25) is 4.79 Å². The molecule has 0 aliphatic carbocycles. The van der Waals surface area contributed by atoms with Gasteiger partial charge in [0.05, 0.1) is 13.2 Å². The summed E-state index contributed by atoms with van der Waals surface area (Å²) in [6, 6.07) is 25.7. The second-order valence-corrected chi connectivity index (χ2v) is 7.00. The molecule has 148 valence electrons. The molecule has 0 saturated heterocycles. The number of ether oxygens (including phenoxy) is 1. The fourth-order valence-electron chi connectivity index (χ4n) is 3.39. The molecule has 3 heteroatoms. The minimum atomic E-state index is -0.0830.